The molecule has 7 aromatic rings. The number of hydrogen-bond donors (Lipinski definition) is 0. The van der Waals surface area contributed by atoms with Gasteiger partial charge in [-0.25, -0.2) is 0 Å². The molecular formula is C29H16N2. The van der Waals surface area contributed by atoms with E-state index in [0.29, 0.717) is 5.56 Å². The number of para-hydroxylation sites is 1. The Morgan fingerprint density at radius 3 is 1.97 bits per heavy atom. The van der Waals surface area contributed by atoms with Crippen LogP contribution in [0.4, 0.5) is 0 Å². The molecule has 2 heteroatoms. The van der Waals surface area contributed by atoms with Crippen LogP contribution in [0.1, 0.15) is 5.56 Å². The number of hydrogen-bond acceptors (Lipinski definition) is 1. The van der Waals surface area contributed by atoms with E-state index in [-0.39, 0.29) is 0 Å². The van der Waals surface area contributed by atoms with Crippen LogP contribution in [-0.2, 0) is 0 Å². The number of nitrogens with zero attached hydrogens (tertiary/aromatic N) is 2. The summed E-state index contributed by atoms with van der Waals surface area (Å²) >= 11 is 0. The van der Waals surface area contributed by atoms with Crippen LogP contribution in [0.15, 0.2) is 97.1 Å². The maximum absolute atomic E-state index is 9.09. The van der Waals surface area contributed by atoms with E-state index in [1.54, 1.807) is 0 Å². The maximum Gasteiger partial charge on any atom is 0.0991 e. The summed E-state index contributed by atoms with van der Waals surface area (Å²) in [4.78, 5) is 0. The summed E-state index contributed by atoms with van der Waals surface area (Å²) in [6.07, 6.45) is 0. The molecular weight excluding hydrogens is 376 g/mol. The summed E-state index contributed by atoms with van der Waals surface area (Å²) in [5.41, 5.74) is 6.76. The molecule has 0 fully saturated rings. The van der Waals surface area contributed by atoms with Crippen LogP contribution in [0.25, 0.3) is 60.0 Å². The van der Waals surface area contributed by atoms with Crippen LogP contribution < -0.4 is 0 Å². The quantitative estimate of drug-likeness (QED) is 0.284. The van der Waals surface area contributed by atoms with Crippen LogP contribution >= 0.6 is 0 Å². The molecule has 0 bridgehead atoms. The topological polar surface area (TPSA) is 28.2 Å². The third-order valence-electron chi connectivity index (χ3n) is 6.53. The minimum absolute atomic E-state index is 0.685. The second-order valence-corrected chi connectivity index (χ2v) is 8.17. The molecule has 5 aromatic carbocycles. The Bertz CT molecular complexity index is 1830. The Hall–Kier alpha value is -4.35. The van der Waals surface area contributed by atoms with E-state index in [2.05, 4.69) is 83.3 Å². The lowest BCUT2D eigenvalue weighted by Gasteiger charge is -2.04. The molecule has 2 nitrogen and oxygen atoms in total. The average molecular weight is 392 g/mol. The van der Waals surface area contributed by atoms with Gasteiger partial charge in [-0.1, -0.05) is 60.7 Å². The van der Waals surface area contributed by atoms with Gasteiger partial charge in [0.1, 0.15) is 0 Å². The van der Waals surface area contributed by atoms with Crippen LogP contribution in [0.3, 0.4) is 0 Å². The average Bonchev–Trinajstić information content (AvgIpc) is 3.34. The van der Waals surface area contributed by atoms with Crippen molar-refractivity contribution in [1.29, 1.82) is 5.26 Å². The van der Waals surface area contributed by atoms with Crippen LogP contribution in [0.2, 0.25) is 0 Å². The Morgan fingerprint density at radius 1 is 0.548 bits per heavy atom. The smallest absolute Gasteiger partial charge is 0.0991 e. The lowest BCUT2D eigenvalue weighted by atomic mass is 10.0. The molecule has 0 saturated heterocycles. The van der Waals surface area contributed by atoms with E-state index in [1.165, 1.54) is 54.4 Å². The van der Waals surface area contributed by atoms with Gasteiger partial charge in [0.05, 0.1) is 28.2 Å². The molecule has 31 heavy (non-hydrogen) atoms. The van der Waals surface area contributed by atoms with E-state index >= 15 is 0 Å². The van der Waals surface area contributed by atoms with Gasteiger partial charge in [-0.2, -0.15) is 5.26 Å². The van der Waals surface area contributed by atoms with Crippen molar-refractivity contribution in [3.05, 3.63) is 103 Å². The fraction of sp³-hybridized carbons (Fsp3) is 0. The highest BCUT2D eigenvalue weighted by atomic mass is 14.9. The highest BCUT2D eigenvalue weighted by Gasteiger charge is 2.18. The van der Waals surface area contributed by atoms with Crippen LogP contribution in [-0.4, -0.2) is 4.40 Å². The normalized spacial score (nSPS) is 11.8. The largest absolute Gasteiger partial charge is 0.308 e. The standard InChI is InChI=1S/C29H16N2/c30-17-18-8-10-19(11-9-18)22-12-13-27-25(15-22)23-6-3-7-24-26-14-20-4-1-2-5-21(20)16-28(26)31(27)29(23)24/h1-16H. The first kappa shape index (κ1) is 16.4. The Labute approximate surface area is 178 Å². The second kappa shape index (κ2) is 5.84. The van der Waals surface area contributed by atoms with Crippen molar-refractivity contribution in [2.24, 2.45) is 0 Å². The van der Waals surface area contributed by atoms with Crippen molar-refractivity contribution in [2.45, 2.75) is 0 Å². The van der Waals surface area contributed by atoms with E-state index in [1.807, 2.05) is 24.3 Å². The summed E-state index contributed by atoms with van der Waals surface area (Å²) in [7, 11) is 0. The van der Waals surface area contributed by atoms with Crippen molar-refractivity contribution in [3.8, 4) is 17.2 Å². The number of fused-ring (bicyclic) bond motifs is 7. The van der Waals surface area contributed by atoms with Crippen molar-refractivity contribution >= 4 is 48.9 Å². The molecule has 2 heterocycles. The summed E-state index contributed by atoms with van der Waals surface area (Å²) in [6.45, 7) is 0. The van der Waals surface area contributed by atoms with Gasteiger partial charge < -0.3 is 4.40 Å². The van der Waals surface area contributed by atoms with Gasteiger partial charge in [0.25, 0.3) is 0 Å². The number of benzene rings is 5. The van der Waals surface area contributed by atoms with E-state index in [9.17, 15) is 0 Å². The third kappa shape index (κ3) is 2.15. The van der Waals surface area contributed by atoms with Crippen LogP contribution in [0.5, 0.6) is 0 Å². The van der Waals surface area contributed by atoms with Gasteiger partial charge in [-0.3, -0.25) is 0 Å². The number of nitriles is 1. The SMILES string of the molecule is N#Cc1ccc(-c2ccc3c(c2)c2cccc4c5cc6ccccc6cc5n3c24)cc1. The molecule has 0 aliphatic rings. The fourth-order valence-electron chi connectivity index (χ4n) is 5.08. The lowest BCUT2D eigenvalue weighted by Crippen LogP contribution is -1.83. The molecule has 2 aromatic heterocycles. The lowest BCUT2D eigenvalue weighted by molar-refractivity contribution is 1.37. The first-order chi connectivity index (χ1) is 15.3. The molecule has 0 aliphatic carbocycles. The van der Waals surface area contributed by atoms with Gasteiger partial charge in [-0.05, 0) is 58.3 Å². The summed E-state index contributed by atoms with van der Waals surface area (Å²) in [5, 5.41) is 16.8. The second-order valence-electron chi connectivity index (χ2n) is 8.17. The van der Waals surface area contributed by atoms with Crippen LogP contribution in [0, 0.1) is 11.3 Å². The fourth-order valence-corrected chi connectivity index (χ4v) is 5.08. The summed E-state index contributed by atoms with van der Waals surface area (Å²) < 4.78 is 2.42. The van der Waals surface area contributed by atoms with Gasteiger partial charge in [-0.15, -0.1) is 0 Å². The highest BCUT2D eigenvalue weighted by Crippen LogP contribution is 2.41. The zero-order valence-corrected chi connectivity index (χ0v) is 16.6. The van der Waals surface area contributed by atoms with Crippen molar-refractivity contribution in [2.75, 3.05) is 0 Å². The van der Waals surface area contributed by atoms with Crippen molar-refractivity contribution in [1.82, 2.24) is 4.40 Å². The molecule has 0 unspecified atom stereocenters. The van der Waals surface area contributed by atoms with Gasteiger partial charge in [0.15, 0.2) is 0 Å². The Kier molecular flexibility index (Phi) is 3.10. The molecule has 0 radical (unpaired) electrons. The van der Waals surface area contributed by atoms with Gasteiger partial charge in [0, 0.05) is 21.5 Å². The monoisotopic (exact) mass is 392 g/mol. The van der Waals surface area contributed by atoms with Crippen molar-refractivity contribution in [3.63, 3.8) is 0 Å². The Morgan fingerprint density at radius 2 is 1.23 bits per heavy atom. The Balaban J connectivity index is 1.59. The molecule has 142 valence electrons. The van der Waals surface area contributed by atoms with E-state index in [0.717, 1.165) is 5.56 Å². The first-order valence-corrected chi connectivity index (χ1v) is 10.4. The van der Waals surface area contributed by atoms with Crippen molar-refractivity contribution < 1.29 is 0 Å². The predicted octanol–water partition coefficient (Wildman–Crippen LogP) is 7.53. The number of aromatic nitrogens is 1. The van der Waals surface area contributed by atoms with E-state index in [4.69, 9.17) is 5.26 Å². The molecule has 0 N–H and O–H groups in total. The first-order valence-electron chi connectivity index (χ1n) is 10.4. The third-order valence-corrected chi connectivity index (χ3v) is 6.53. The van der Waals surface area contributed by atoms with E-state index < -0.39 is 0 Å². The summed E-state index contributed by atoms with van der Waals surface area (Å²) in [5.74, 6) is 0. The summed E-state index contributed by atoms with van der Waals surface area (Å²) in [6, 6.07) is 36.6. The number of rotatable bonds is 1. The molecule has 7 rings (SSSR count). The zero-order chi connectivity index (χ0) is 20.5. The van der Waals surface area contributed by atoms with Gasteiger partial charge >= 0.3 is 0 Å². The zero-order valence-electron chi connectivity index (χ0n) is 16.6. The predicted molar refractivity (Wildman–Crippen MR) is 129 cm³/mol. The highest BCUT2D eigenvalue weighted by molar-refractivity contribution is 6.24. The molecule has 0 spiro atoms. The van der Waals surface area contributed by atoms with Gasteiger partial charge in [0.2, 0.25) is 0 Å². The molecule has 0 atom stereocenters. The molecule has 0 saturated carbocycles. The molecule has 0 aliphatic heterocycles. The minimum atomic E-state index is 0.685. The molecule has 0 amide bonds. The maximum atomic E-state index is 9.09. The minimum Gasteiger partial charge on any atom is -0.308 e.